The van der Waals surface area contributed by atoms with Crippen LogP contribution < -0.4 is 5.32 Å². The standard InChI is InChI=1S/C20H23F3N6OS/c1-12(2)8-28-14(4)13(3)26-19(28)31-9-18(30)27-16-7-15(20(21,22)23)5-6-17(16)29-11-24-10-25-29/h5-7,10-12H,8-9H2,1-4H3,(H,27,30). The van der Waals surface area contributed by atoms with Gasteiger partial charge in [-0.25, -0.2) is 14.6 Å². The summed E-state index contributed by atoms with van der Waals surface area (Å²) in [5, 5.41) is 7.23. The number of carbonyl (C=O) groups is 1. The fraction of sp³-hybridized carbons (Fsp3) is 0.400. The minimum atomic E-state index is -4.54. The molecule has 0 saturated heterocycles. The van der Waals surface area contributed by atoms with Crippen molar-refractivity contribution in [1.29, 1.82) is 0 Å². The molecule has 1 amide bonds. The molecular weight excluding hydrogens is 429 g/mol. The Morgan fingerprint density at radius 3 is 2.61 bits per heavy atom. The molecule has 7 nitrogen and oxygen atoms in total. The zero-order valence-corrected chi connectivity index (χ0v) is 18.4. The summed E-state index contributed by atoms with van der Waals surface area (Å²) in [7, 11) is 0. The lowest BCUT2D eigenvalue weighted by atomic mass is 10.1. The highest BCUT2D eigenvalue weighted by Crippen LogP contribution is 2.33. The highest BCUT2D eigenvalue weighted by atomic mass is 32.2. The molecule has 3 aromatic rings. The molecule has 0 fully saturated rings. The molecule has 0 bridgehead atoms. The molecule has 2 aromatic heterocycles. The summed E-state index contributed by atoms with van der Waals surface area (Å²) >= 11 is 1.25. The monoisotopic (exact) mass is 452 g/mol. The molecule has 166 valence electrons. The van der Waals surface area contributed by atoms with E-state index < -0.39 is 17.6 Å². The fourth-order valence-electron chi connectivity index (χ4n) is 2.98. The first kappa shape index (κ1) is 22.9. The molecule has 1 aromatic carbocycles. The second-order valence-electron chi connectivity index (χ2n) is 7.48. The van der Waals surface area contributed by atoms with Gasteiger partial charge in [-0.3, -0.25) is 4.79 Å². The maximum atomic E-state index is 13.2. The minimum absolute atomic E-state index is 0.00102. The number of amides is 1. The van der Waals surface area contributed by atoms with Crippen LogP contribution in [-0.2, 0) is 17.5 Å². The van der Waals surface area contributed by atoms with Gasteiger partial charge in [0.05, 0.1) is 28.4 Å². The van der Waals surface area contributed by atoms with Crippen LogP contribution in [0.25, 0.3) is 5.69 Å². The average molecular weight is 453 g/mol. The largest absolute Gasteiger partial charge is 0.416 e. The number of benzene rings is 1. The number of aromatic nitrogens is 5. The van der Waals surface area contributed by atoms with Crippen LogP contribution >= 0.6 is 11.8 Å². The van der Waals surface area contributed by atoms with Gasteiger partial charge in [-0.1, -0.05) is 25.6 Å². The average Bonchev–Trinajstić information content (AvgIpc) is 3.30. The Morgan fingerprint density at radius 2 is 2.00 bits per heavy atom. The summed E-state index contributed by atoms with van der Waals surface area (Å²) in [5.74, 6) is -0.0444. The van der Waals surface area contributed by atoms with E-state index in [0.717, 1.165) is 30.1 Å². The molecular formula is C20H23F3N6OS. The van der Waals surface area contributed by atoms with Crippen molar-refractivity contribution in [1.82, 2.24) is 24.3 Å². The molecule has 0 aliphatic rings. The van der Waals surface area contributed by atoms with Crippen LogP contribution in [0.15, 0.2) is 36.0 Å². The Hall–Kier alpha value is -2.82. The van der Waals surface area contributed by atoms with E-state index in [-0.39, 0.29) is 17.1 Å². The molecule has 0 radical (unpaired) electrons. The van der Waals surface area contributed by atoms with Crippen molar-refractivity contribution in [3.8, 4) is 5.69 Å². The summed E-state index contributed by atoms with van der Waals surface area (Å²) < 4.78 is 42.9. The molecule has 11 heteroatoms. The Kier molecular flexibility index (Phi) is 6.73. The summed E-state index contributed by atoms with van der Waals surface area (Å²) in [6.07, 6.45) is -1.93. The number of nitrogens with one attached hydrogen (secondary N) is 1. The van der Waals surface area contributed by atoms with Gasteiger partial charge >= 0.3 is 6.18 Å². The highest BCUT2D eigenvalue weighted by molar-refractivity contribution is 7.99. The van der Waals surface area contributed by atoms with Gasteiger partial charge in [-0.2, -0.15) is 18.3 Å². The van der Waals surface area contributed by atoms with Gasteiger partial charge < -0.3 is 9.88 Å². The molecule has 0 atom stereocenters. The maximum absolute atomic E-state index is 13.2. The van der Waals surface area contributed by atoms with E-state index in [1.165, 1.54) is 35.2 Å². The zero-order valence-electron chi connectivity index (χ0n) is 17.6. The Balaban J connectivity index is 1.80. The topological polar surface area (TPSA) is 77.6 Å². The summed E-state index contributed by atoms with van der Waals surface area (Å²) in [6.45, 7) is 8.83. The van der Waals surface area contributed by atoms with E-state index in [1.807, 2.05) is 13.8 Å². The smallest absolute Gasteiger partial charge is 0.323 e. The molecule has 0 saturated carbocycles. The SMILES string of the molecule is Cc1nc(SCC(=O)Nc2cc(C(F)(F)F)ccc2-n2cncn2)n(CC(C)C)c1C. The molecule has 0 spiro atoms. The van der Waals surface area contributed by atoms with Gasteiger partial charge in [0.1, 0.15) is 12.7 Å². The van der Waals surface area contributed by atoms with Crippen LogP contribution in [0.1, 0.15) is 30.8 Å². The van der Waals surface area contributed by atoms with Gasteiger partial charge in [0, 0.05) is 12.2 Å². The van der Waals surface area contributed by atoms with Crippen LogP contribution in [0.3, 0.4) is 0 Å². The molecule has 1 N–H and O–H groups in total. The summed E-state index contributed by atoms with van der Waals surface area (Å²) in [4.78, 5) is 20.9. The predicted molar refractivity (Wildman–Crippen MR) is 112 cm³/mol. The van der Waals surface area contributed by atoms with Crippen LogP contribution in [0.4, 0.5) is 18.9 Å². The molecule has 2 heterocycles. The van der Waals surface area contributed by atoms with Crippen LogP contribution in [0, 0.1) is 19.8 Å². The molecule has 31 heavy (non-hydrogen) atoms. The summed E-state index contributed by atoms with van der Waals surface area (Å²) in [6, 6.07) is 3.09. The second kappa shape index (κ2) is 9.13. The van der Waals surface area contributed by atoms with E-state index in [1.54, 1.807) is 0 Å². The van der Waals surface area contributed by atoms with Crippen molar-refractivity contribution < 1.29 is 18.0 Å². The van der Waals surface area contributed by atoms with Crippen LogP contribution in [0.2, 0.25) is 0 Å². The highest BCUT2D eigenvalue weighted by Gasteiger charge is 2.31. The molecule has 0 aliphatic carbocycles. The second-order valence-corrected chi connectivity index (χ2v) is 8.42. The zero-order chi connectivity index (χ0) is 22.8. The van der Waals surface area contributed by atoms with Gasteiger partial charge in [0.15, 0.2) is 5.16 Å². The number of hydrogen-bond donors (Lipinski definition) is 1. The Bertz CT molecular complexity index is 1060. The Morgan fingerprint density at radius 1 is 1.26 bits per heavy atom. The molecule has 3 rings (SSSR count). The van der Waals surface area contributed by atoms with E-state index >= 15 is 0 Å². The minimum Gasteiger partial charge on any atom is -0.323 e. The van der Waals surface area contributed by atoms with Crippen molar-refractivity contribution in [2.45, 2.75) is 45.6 Å². The van der Waals surface area contributed by atoms with Gasteiger partial charge in [-0.15, -0.1) is 0 Å². The number of rotatable bonds is 7. The number of hydrogen-bond acceptors (Lipinski definition) is 5. The molecule has 0 aliphatic heterocycles. The van der Waals surface area contributed by atoms with E-state index in [0.29, 0.717) is 11.1 Å². The van der Waals surface area contributed by atoms with Crippen LogP contribution in [-0.4, -0.2) is 36.0 Å². The number of carbonyl (C=O) groups excluding carboxylic acids is 1. The third-order valence-corrected chi connectivity index (χ3v) is 5.54. The van der Waals surface area contributed by atoms with Crippen molar-refractivity contribution in [2.75, 3.05) is 11.1 Å². The van der Waals surface area contributed by atoms with Crippen molar-refractivity contribution >= 4 is 23.4 Å². The first-order valence-electron chi connectivity index (χ1n) is 9.59. The number of anilines is 1. The Labute approximate surface area is 182 Å². The fourth-order valence-corrected chi connectivity index (χ4v) is 3.88. The number of alkyl halides is 3. The normalized spacial score (nSPS) is 11.9. The molecule has 0 unspecified atom stereocenters. The first-order valence-corrected chi connectivity index (χ1v) is 10.6. The van der Waals surface area contributed by atoms with E-state index in [4.69, 9.17) is 0 Å². The third kappa shape index (κ3) is 5.46. The number of nitrogens with zero attached hydrogens (tertiary/aromatic N) is 5. The van der Waals surface area contributed by atoms with Gasteiger partial charge in [0.2, 0.25) is 5.91 Å². The lowest BCUT2D eigenvalue weighted by molar-refractivity contribution is -0.137. The first-order chi connectivity index (χ1) is 14.6. The quantitative estimate of drug-likeness (QED) is 0.535. The van der Waals surface area contributed by atoms with Crippen molar-refractivity contribution in [3.05, 3.63) is 47.8 Å². The number of imidazole rings is 1. The number of thioether (sulfide) groups is 1. The van der Waals surface area contributed by atoms with Gasteiger partial charge in [0.25, 0.3) is 0 Å². The lowest BCUT2D eigenvalue weighted by Gasteiger charge is -2.15. The van der Waals surface area contributed by atoms with Gasteiger partial charge in [-0.05, 0) is 38.0 Å². The lowest BCUT2D eigenvalue weighted by Crippen LogP contribution is -2.18. The van der Waals surface area contributed by atoms with Crippen LogP contribution in [0.5, 0.6) is 0 Å². The van der Waals surface area contributed by atoms with E-state index in [2.05, 4.69) is 38.8 Å². The number of halogens is 3. The van der Waals surface area contributed by atoms with Crippen molar-refractivity contribution in [3.63, 3.8) is 0 Å². The maximum Gasteiger partial charge on any atom is 0.416 e. The van der Waals surface area contributed by atoms with E-state index in [9.17, 15) is 18.0 Å². The predicted octanol–water partition coefficient (Wildman–Crippen LogP) is 4.49. The number of aryl methyl sites for hydroxylation is 1. The van der Waals surface area contributed by atoms with Crippen molar-refractivity contribution in [2.24, 2.45) is 5.92 Å². The summed E-state index contributed by atoms with van der Waals surface area (Å²) in [5.41, 5.74) is 1.34. The third-order valence-electron chi connectivity index (χ3n) is 4.57.